The average Bonchev–Trinajstić information content (AvgIpc) is 3.27. The summed E-state index contributed by atoms with van der Waals surface area (Å²) in [5.74, 6) is -1.41. The maximum Gasteiger partial charge on any atom is 0.333 e. The number of nitrogens with one attached hydrogen (secondary N) is 2. The summed E-state index contributed by atoms with van der Waals surface area (Å²) in [6.07, 6.45) is -0.632. The van der Waals surface area contributed by atoms with Crippen LogP contribution in [-0.4, -0.2) is 77.1 Å². The van der Waals surface area contributed by atoms with Gasteiger partial charge in [-0.3, -0.25) is 9.59 Å². The Morgan fingerprint density at radius 3 is 1.53 bits per heavy atom. The van der Waals surface area contributed by atoms with Gasteiger partial charge in [-0.25, -0.2) is 9.59 Å². The lowest BCUT2D eigenvalue weighted by Crippen LogP contribution is -2.47. The SMILES string of the molecule is CCO[C@@H](Cc1ccc(OC(C)(C)C(=O)NCCc2ccccc2Cl)cc1)C(=O)O.CCO[C@@H](Cc1ccc(OC(C)(C)C(=O)NCc2cccc(-c3ccccc3)c2)cc1)C(=O)O. The molecule has 4 N–H and O–H groups in total. The van der Waals surface area contributed by atoms with Crippen molar-refractivity contribution in [3.05, 3.63) is 155 Å². The third-order valence-electron chi connectivity index (χ3n) is 9.94. The van der Waals surface area contributed by atoms with Gasteiger partial charge in [0.1, 0.15) is 11.5 Å². The lowest BCUT2D eigenvalue weighted by molar-refractivity contribution is -0.150. The number of amides is 2. The van der Waals surface area contributed by atoms with E-state index in [0.717, 1.165) is 33.4 Å². The van der Waals surface area contributed by atoms with Gasteiger partial charge in [0.05, 0.1) is 0 Å². The summed E-state index contributed by atoms with van der Waals surface area (Å²) < 4.78 is 22.3. The van der Waals surface area contributed by atoms with E-state index >= 15 is 0 Å². The number of carboxylic acid groups (broad SMARTS) is 2. The highest BCUT2D eigenvalue weighted by molar-refractivity contribution is 6.31. The summed E-state index contributed by atoms with van der Waals surface area (Å²) in [5.41, 5.74) is 3.65. The van der Waals surface area contributed by atoms with Gasteiger partial charge in [-0.2, -0.15) is 0 Å². The molecule has 5 rings (SSSR count). The van der Waals surface area contributed by atoms with E-state index in [4.69, 9.17) is 30.5 Å². The highest BCUT2D eigenvalue weighted by Crippen LogP contribution is 2.24. The van der Waals surface area contributed by atoms with Crippen LogP contribution < -0.4 is 20.1 Å². The van der Waals surface area contributed by atoms with Crippen molar-refractivity contribution in [1.82, 2.24) is 10.6 Å². The van der Waals surface area contributed by atoms with Crippen molar-refractivity contribution in [2.75, 3.05) is 19.8 Å². The van der Waals surface area contributed by atoms with Crippen molar-refractivity contribution in [3.8, 4) is 22.6 Å². The molecule has 0 saturated heterocycles. The van der Waals surface area contributed by atoms with Crippen LogP contribution in [0.15, 0.2) is 127 Å². The van der Waals surface area contributed by atoms with Gasteiger partial charge in [-0.05, 0) is 118 Å². The Morgan fingerprint density at radius 2 is 1.05 bits per heavy atom. The Balaban J connectivity index is 0.000000283. The van der Waals surface area contributed by atoms with Crippen LogP contribution in [0.4, 0.5) is 0 Å². The number of aliphatic carboxylic acids is 2. The maximum atomic E-state index is 12.8. The largest absolute Gasteiger partial charge is 0.479 e. The molecule has 0 spiro atoms. The molecule has 0 aliphatic heterocycles. The Hall–Kier alpha value is -6.21. The predicted molar refractivity (Wildman–Crippen MR) is 248 cm³/mol. The first-order valence-electron chi connectivity index (χ1n) is 21.2. The van der Waals surface area contributed by atoms with Gasteiger partial charge in [0.25, 0.3) is 11.8 Å². The molecule has 2 atom stereocenters. The fourth-order valence-electron chi connectivity index (χ4n) is 6.45. The van der Waals surface area contributed by atoms with E-state index < -0.39 is 35.3 Å². The monoisotopic (exact) mass is 894 g/mol. The molecule has 64 heavy (non-hydrogen) atoms. The van der Waals surface area contributed by atoms with Crippen molar-refractivity contribution in [2.24, 2.45) is 0 Å². The second kappa shape index (κ2) is 24.6. The molecular formula is C51H59ClN2O10. The van der Waals surface area contributed by atoms with Crippen LogP contribution in [0.1, 0.15) is 63.8 Å². The molecule has 12 nitrogen and oxygen atoms in total. The van der Waals surface area contributed by atoms with Crippen molar-refractivity contribution in [2.45, 2.75) is 90.8 Å². The van der Waals surface area contributed by atoms with Gasteiger partial charge in [0, 0.05) is 44.2 Å². The molecule has 0 unspecified atom stereocenters. The number of rotatable bonds is 22. The highest BCUT2D eigenvalue weighted by atomic mass is 35.5. The smallest absolute Gasteiger partial charge is 0.333 e. The molecule has 2 amide bonds. The van der Waals surface area contributed by atoms with Crippen molar-refractivity contribution in [1.29, 1.82) is 0 Å². The van der Waals surface area contributed by atoms with Gasteiger partial charge in [-0.15, -0.1) is 0 Å². The topological polar surface area (TPSA) is 170 Å². The van der Waals surface area contributed by atoms with Crippen LogP contribution in [0.3, 0.4) is 0 Å². The lowest BCUT2D eigenvalue weighted by Gasteiger charge is -2.25. The quantitative estimate of drug-likeness (QED) is 0.0527. The van der Waals surface area contributed by atoms with Crippen molar-refractivity contribution >= 4 is 35.4 Å². The molecule has 0 bridgehead atoms. The zero-order valence-electron chi connectivity index (χ0n) is 37.3. The zero-order valence-corrected chi connectivity index (χ0v) is 38.0. The zero-order chi connectivity index (χ0) is 46.7. The Bertz CT molecular complexity index is 2260. The summed E-state index contributed by atoms with van der Waals surface area (Å²) in [5, 5.41) is 25.0. The first-order chi connectivity index (χ1) is 30.5. The molecule has 5 aromatic carbocycles. The molecule has 13 heteroatoms. The Kier molecular flexibility index (Phi) is 19.4. The minimum atomic E-state index is -1.09. The summed E-state index contributed by atoms with van der Waals surface area (Å²) in [4.78, 5) is 47.9. The van der Waals surface area contributed by atoms with E-state index in [1.807, 2.05) is 60.7 Å². The molecule has 0 saturated carbocycles. The van der Waals surface area contributed by atoms with E-state index in [0.29, 0.717) is 49.2 Å². The van der Waals surface area contributed by atoms with Crippen LogP contribution >= 0.6 is 11.6 Å². The van der Waals surface area contributed by atoms with Gasteiger partial charge >= 0.3 is 11.9 Å². The molecule has 0 fully saturated rings. The normalized spacial score (nSPS) is 12.2. The lowest BCUT2D eigenvalue weighted by atomic mass is 10.0. The molecule has 0 aliphatic rings. The van der Waals surface area contributed by atoms with E-state index in [2.05, 4.69) is 28.8 Å². The summed E-state index contributed by atoms with van der Waals surface area (Å²) in [6, 6.07) is 39.7. The van der Waals surface area contributed by atoms with Gasteiger partial charge in [-0.1, -0.05) is 103 Å². The van der Waals surface area contributed by atoms with Crippen LogP contribution in [0.5, 0.6) is 11.5 Å². The van der Waals surface area contributed by atoms with Crippen molar-refractivity contribution < 1.29 is 48.3 Å². The number of hydrogen-bond acceptors (Lipinski definition) is 8. The Morgan fingerprint density at radius 1 is 0.578 bits per heavy atom. The molecule has 340 valence electrons. The number of halogens is 1. The number of benzene rings is 5. The molecule has 0 aliphatic carbocycles. The molecular weight excluding hydrogens is 836 g/mol. The first kappa shape index (κ1) is 50.4. The Labute approximate surface area is 380 Å². The maximum absolute atomic E-state index is 12.8. The van der Waals surface area contributed by atoms with Gasteiger partial charge in [0.2, 0.25) is 0 Å². The van der Waals surface area contributed by atoms with Crippen LogP contribution in [-0.2, 0) is 54.5 Å². The van der Waals surface area contributed by atoms with Crippen LogP contribution in [0, 0.1) is 0 Å². The molecule has 0 aromatic heterocycles. The fraction of sp³-hybridized carbons (Fsp3) is 0.333. The number of carbonyl (C=O) groups excluding carboxylic acids is 2. The third-order valence-corrected chi connectivity index (χ3v) is 10.3. The number of ether oxygens (including phenoxy) is 4. The second-order valence-corrected chi connectivity index (χ2v) is 16.2. The summed E-state index contributed by atoms with van der Waals surface area (Å²) >= 11 is 6.14. The summed E-state index contributed by atoms with van der Waals surface area (Å²) in [7, 11) is 0. The predicted octanol–water partition coefficient (Wildman–Crippen LogP) is 8.75. The minimum absolute atomic E-state index is 0.232. The molecule has 0 radical (unpaired) electrons. The van der Waals surface area contributed by atoms with E-state index in [1.54, 1.807) is 90.1 Å². The second-order valence-electron chi connectivity index (χ2n) is 15.8. The third kappa shape index (κ3) is 16.2. The number of hydrogen-bond donors (Lipinski definition) is 4. The summed E-state index contributed by atoms with van der Waals surface area (Å²) in [6.45, 7) is 11.8. The van der Waals surface area contributed by atoms with E-state index in [-0.39, 0.29) is 24.7 Å². The van der Waals surface area contributed by atoms with E-state index in [9.17, 15) is 29.4 Å². The van der Waals surface area contributed by atoms with E-state index in [1.165, 1.54) is 0 Å². The molecule has 5 aromatic rings. The first-order valence-corrected chi connectivity index (χ1v) is 21.6. The van der Waals surface area contributed by atoms with Gasteiger partial charge in [0.15, 0.2) is 23.4 Å². The number of carbonyl (C=O) groups is 4. The fourth-order valence-corrected chi connectivity index (χ4v) is 6.68. The average molecular weight is 895 g/mol. The van der Waals surface area contributed by atoms with Crippen molar-refractivity contribution in [3.63, 3.8) is 0 Å². The van der Waals surface area contributed by atoms with Crippen LogP contribution in [0.25, 0.3) is 11.1 Å². The van der Waals surface area contributed by atoms with Crippen LogP contribution in [0.2, 0.25) is 5.02 Å². The molecule has 0 heterocycles. The van der Waals surface area contributed by atoms with Gasteiger partial charge < -0.3 is 39.8 Å². The minimum Gasteiger partial charge on any atom is -0.479 e. The standard InChI is InChI=1S/C28H31NO5.C23H28ClNO5/c1-4-33-25(26(30)31)18-20-13-15-24(16-14-20)34-28(2,3)27(32)29-19-21-9-8-12-23(17-21)22-10-6-5-7-11-22;1-4-29-20(21(26)27)15-16-9-11-18(12-10-16)30-23(2,3)22(28)25-14-13-17-7-5-6-8-19(17)24/h5-17,25H,4,18-19H2,1-3H3,(H,29,32)(H,30,31);5-12,20H,4,13-15H2,1-3H3,(H,25,28)(H,26,27)/t25-;20-/m00/s1. The highest BCUT2D eigenvalue weighted by Gasteiger charge is 2.31. The number of carboxylic acids is 2.